The van der Waals surface area contributed by atoms with Crippen molar-refractivity contribution in [2.75, 3.05) is 6.61 Å². The molecule has 0 spiro atoms. The van der Waals surface area contributed by atoms with Crippen molar-refractivity contribution in [2.45, 2.75) is 25.4 Å². The van der Waals surface area contributed by atoms with Crippen molar-refractivity contribution < 1.29 is 9.84 Å². The molecule has 16 heavy (non-hydrogen) atoms. The van der Waals surface area contributed by atoms with Crippen LogP contribution in [-0.4, -0.2) is 17.8 Å². The average molecular weight is 218 g/mol. The molecule has 0 aromatic heterocycles. The highest BCUT2D eigenvalue weighted by atomic mass is 16.5. The summed E-state index contributed by atoms with van der Waals surface area (Å²) in [7, 11) is 0. The first-order chi connectivity index (χ1) is 7.57. The molecule has 1 unspecified atom stereocenters. The number of rotatable bonds is 2. The summed E-state index contributed by atoms with van der Waals surface area (Å²) in [6, 6.07) is 7.29. The first-order valence-electron chi connectivity index (χ1n) is 5.22. The SMILES string of the molecule is CC(C)NC1(C#N)COc2cc(O)ccc21. The van der Waals surface area contributed by atoms with Gasteiger partial charge in [0.25, 0.3) is 0 Å². The second-order valence-corrected chi connectivity index (χ2v) is 4.29. The van der Waals surface area contributed by atoms with Crippen molar-refractivity contribution in [2.24, 2.45) is 0 Å². The number of hydrogen-bond donors (Lipinski definition) is 2. The number of nitriles is 1. The number of nitrogens with one attached hydrogen (secondary N) is 1. The van der Waals surface area contributed by atoms with Gasteiger partial charge in [-0.05, 0) is 26.0 Å². The molecule has 0 bridgehead atoms. The molecule has 84 valence electrons. The Morgan fingerprint density at radius 1 is 1.56 bits per heavy atom. The van der Waals surface area contributed by atoms with Gasteiger partial charge in [-0.3, -0.25) is 5.32 Å². The van der Waals surface area contributed by atoms with Gasteiger partial charge in [0, 0.05) is 17.7 Å². The topological polar surface area (TPSA) is 65.3 Å². The van der Waals surface area contributed by atoms with Gasteiger partial charge in [0.2, 0.25) is 0 Å². The molecule has 4 heteroatoms. The first-order valence-corrected chi connectivity index (χ1v) is 5.22. The van der Waals surface area contributed by atoms with E-state index >= 15 is 0 Å². The largest absolute Gasteiger partial charge is 0.508 e. The minimum absolute atomic E-state index is 0.150. The number of ether oxygens (including phenoxy) is 1. The van der Waals surface area contributed by atoms with Crippen LogP contribution in [0.1, 0.15) is 19.4 Å². The molecular weight excluding hydrogens is 204 g/mol. The molecule has 1 aliphatic heterocycles. The molecule has 4 nitrogen and oxygen atoms in total. The molecule has 0 amide bonds. The van der Waals surface area contributed by atoms with Crippen LogP contribution < -0.4 is 10.1 Å². The van der Waals surface area contributed by atoms with Crippen LogP contribution in [0.2, 0.25) is 0 Å². The van der Waals surface area contributed by atoms with E-state index in [1.54, 1.807) is 12.1 Å². The van der Waals surface area contributed by atoms with Crippen molar-refractivity contribution in [3.63, 3.8) is 0 Å². The van der Waals surface area contributed by atoms with Crippen LogP contribution in [0.15, 0.2) is 18.2 Å². The molecule has 2 N–H and O–H groups in total. The molecule has 1 atom stereocenters. The van der Waals surface area contributed by atoms with E-state index in [0.29, 0.717) is 5.75 Å². The fraction of sp³-hybridized carbons (Fsp3) is 0.417. The molecule has 1 aromatic rings. The number of phenolic OH excluding ortho intramolecular Hbond substituents is 1. The van der Waals surface area contributed by atoms with Gasteiger partial charge >= 0.3 is 0 Å². The van der Waals surface area contributed by atoms with E-state index in [1.165, 1.54) is 6.07 Å². The van der Waals surface area contributed by atoms with E-state index in [9.17, 15) is 10.4 Å². The summed E-state index contributed by atoms with van der Waals surface area (Å²) in [5, 5.41) is 21.9. The molecule has 0 saturated heterocycles. The number of phenols is 1. The lowest BCUT2D eigenvalue weighted by atomic mass is 9.93. The smallest absolute Gasteiger partial charge is 0.170 e. The van der Waals surface area contributed by atoms with Gasteiger partial charge < -0.3 is 9.84 Å². The normalized spacial score (nSPS) is 22.6. The molecule has 0 aliphatic carbocycles. The van der Waals surface area contributed by atoms with E-state index < -0.39 is 5.54 Å². The highest BCUT2D eigenvalue weighted by Crippen LogP contribution is 2.38. The number of aromatic hydroxyl groups is 1. The van der Waals surface area contributed by atoms with Crippen molar-refractivity contribution in [1.29, 1.82) is 5.26 Å². The number of fused-ring (bicyclic) bond motifs is 1. The van der Waals surface area contributed by atoms with Gasteiger partial charge in [0.15, 0.2) is 5.54 Å². The van der Waals surface area contributed by atoms with E-state index in [0.717, 1.165) is 5.56 Å². The third-order valence-corrected chi connectivity index (χ3v) is 2.60. The summed E-state index contributed by atoms with van der Waals surface area (Å²) >= 11 is 0. The minimum Gasteiger partial charge on any atom is -0.508 e. The zero-order valence-electron chi connectivity index (χ0n) is 9.32. The Labute approximate surface area is 94.5 Å². The second-order valence-electron chi connectivity index (χ2n) is 4.29. The lowest BCUT2D eigenvalue weighted by molar-refractivity contribution is 0.260. The first kappa shape index (κ1) is 10.8. The maximum Gasteiger partial charge on any atom is 0.170 e. The zero-order valence-corrected chi connectivity index (χ0v) is 9.32. The maximum absolute atomic E-state index is 9.34. The molecular formula is C12H14N2O2. The molecule has 2 rings (SSSR count). The Bertz CT molecular complexity index is 451. The monoisotopic (exact) mass is 218 g/mol. The fourth-order valence-corrected chi connectivity index (χ4v) is 1.98. The molecule has 1 aromatic carbocycles. The van der Waals surface area contributed by atoms with Crippen LogP contribution in [0, 0.1) is 11.3 Å². The summed E-state index contributed by atoms with van der Waals surface area (Å²) in [5.41, 5.74) is -0.00139. The van der Waals surface area contributed by atoms with Crippen LogP contribution >= 0.6 is 0 Å². The quantitative estimate of drug-likeness (QED) is 0.789. The van der Waals surface area contributed by atoms with Gasteiger partial charge in [-0.15, -0.1) is 0 Å². The fourth-order valence-electron chi connectivity index (χ4n) is 1.98. The lowest BCUT2D eigenvalue weighted by Gasteiger charge is -2.23. The molecule has 0 radical (unpaired) electrons. The Morgan fingerprint density at radius 3 is 2.94 bits per heavy atom. The zero-order chi connectivity index (χ0) is 11.8. The summed E-state index contributed by atoms with van der Waals surface area (Å²) in [4.78, 5) is 0. The summed E-state index contributed by atoms with van der Waals surface area (Å²) in [6.07, 6.45) is 0. The van der Waals surface area contributed by atoms with E-state index in [4.69, 9.17) is 4.74 Å². The minimum atomic E-state index is -0.794. The average Bonchev–Trinajstić information content (AvgIpc) is 2.56. The highest BCUT2D eigenvalue weighted by Gasteiger charge is 2.41. The van der Waals surface area contributed by atoms with Crippen LogP contribution in [0.3, 0.4) is 0 Å². The Kier molecular flexibility index (Phi) is 2.49. The van der Waals surface area contributed by atoms with Crippen LogP contribution in [0.4, 0.5) is 0 Å². The molecule has 1 aliphatic rings. The van der Waals surface area contributed by atoms with E-state index in [1.807, 2.05) is 13.8 Å². The highest BCUT2D eigenvalue weighted by molar-refractivity contribution is 5.50. The maximum atomic E-state index is 9.34. The van der Waals surface area contributed by atoms with Gasteiger partial charge in [-0.2, -0.15) is 5.26 Å². The molecule has 0 saturated carbocycles. The predicted octanol–water partition coefficient (Wildman–Crippen LogP) is 1.50. The number of benzene rings is 1. The Morgan fingerprint density at radius 2 is 2.31 bits per heavy atom. The van der Waals surface area contributed by atoms with Crippen molar-refractivity contribution in [3.05, 3.63) is 23.8 Å². The third-order valence-electron chi connectivity index (χ3n) is 2.60. The third kappa shape index (κ3) is 1.59. The van der Waals surface area contributed by atoms with Crippen LogP contribution in [-0.2, 0) is 5.54 Å². The number of nitrogens with zero attached hydrogens (tertiary/aromatic N) is 1. The summed E-state index contributed by atoms with van der Waals surface area (Å²) in [6.45, 7) is 4.25. The van der Waals surface area contributed by atoms with Crippen LogP contribution in [0.5, 0.6) is 11.5 Å². The Balaban J connectivity index is 2.44. The van der Waals surface area contributed by atoms with E-state index in [2.05, 4.69) is 11.4 Å². The summed E-state index contributed by atoms with van der Waals surface area (Å²) in [5.74, 6) is 0.728. The van der Waals surface area contributed by atoms with Gasteiger partial charge in [0.05, 0.1) is 6.07 Å². The number of hydrogen-bond acceptors (Lipinski definition) is 4. The van der Waals surface area contributed by atoms with Crippen molar-refractivity contribution in [1.82, 2.24) is 5.32 Å². The summed E-state index contributed by atoms with van der Waals surface area (Å²) < 4.78 is 5.44. The molecule has 0 fully saturated rings. The van der Waals surface area contributed by atoms with Crippen LogP contribution in [0.25, 0.3) is 0 Å². The second kappa shape index (κ2) is 3.69. The molecule has 1 heterocycles. The Hall–Kier alpha value is -1.73. The lowest BCUT2D eigenvalue weighted by Crippen LogP contribution is -2.46. The predicted molar refractivity (Wildman–Crippen MR) is 59.2 cm³/mol. The van der Waals surface area contributed by atoms with Gasteiger partial charge in [-0.1, -0.05) is 0 Å². The van der Waals surface area contributed by atoms with Gasteiger partial charge in [0.1, 0.15) is 18.1 Å². The van der Waals surface area contributed by atoms with Crippen molar-refractivity contribution in [3.8, 4) is 17.6 Å². The standard InChI is InChI=1S/C12H14N2O2/c1-8(2)14-12(6-13)7-16-11-5-9(15)3-4-10(11)12/h3-5,8,14-15H,7H2,1-2H3. The van der Waals surface area contributed by atoms with Crippen molar-refractivity contribution >= 4 is 0 Å². The van der Waals surface area contributed by atoms with E-state index in [-0.39, 0.29) is 18.4 Å². The van der Waals surface area contributed by atoms with Gasteiger partial charge in [-0.25, -0.2) is 0 Å².